The number of aromatic amines is 1. The molecule has 2 aliphatic rings. The Morgan fingerprint density at radius 1 is 1.04 bits per heavy atom. The smallest absolute Gasteiger partial charge is 0.355 e. The van der Waals surface area contributed by atoms with Crippen LogP contribution in [0, 0.1) is 17.8 Å². The van der Waals surface area contributed by atoms with Gasteiger partial charge in [-0.1, -0.05) is 50.4 Å². The SMILES string of the molecule is CC(C)(C)OC(=O)c1[nH]cc(C#CC2CCCCC2)c1C1CCCCC1. The fourth-order valence-corrected chi connectivity index (χ4v) is 4.28. The maximum absolute atomic E-state index is 12.7. The van der Waals surface area contributed by atoms with Crippen LogP contribution in [0.3, 0.4) is 0 Å². The van der Waals surface area contributed by atoms with Crippen molar-refractivity contribution in [1.29, 1.82) is 0 Å². The monoisotopic (exact) mass is 355 g/mol. The van der Waals surface area contributed by atoms with E-state index in [4.69, 9.17) is 4.74 Å². The summed E-state index contributed by atoms with van der Waals surface area (Å²) in [5, 5.41) is 0. The summed E-state index contributed by atoms with van der Waals surface area (Å²) in [6, 6.07) is 0. The highest BCUT2D eigenvalue weighted by Crippen LogP contribution is 2.37. The summed E-state index contributed by atoms with van der Waals surface area (Å²) < 4.78 is 5.64. The molecular weight excluding hydrogens is 322 g/mol. The summed E-state index contributed by atoms with van der Waals surface area (Å²) in [7, 11) is 0. The van der Waals surface area contributed by atoms with E-state index in [2.05, 4.69) is 16.8 Å². The Kier molecular flexibility index (Phi) is 6.12. The lowest BCUT2D eigenvalue weighted by molar-refractivity contribution is 0.00615. The Bertz CT molecular complexity index is 671. The average Bonchev–Trinajstić information content (AvgIpc) is 3.04. The van der Waals surface area contributed by atoms with Gasteiger partial charge in [0.1, 0.15) is 11.3 Å². The second-order valence-corrected chi connectivity index (χ2v) is 8.93. The second kappa shape index (κ2) is 8.33. The minimum atomic E-state index is -0.486. The highest BCUT2D eigenvalue weighted by atomic mass is 16.6. The number of hydrogen-bond donors (Lipinski definition) is 1. The summed E-state index contributed by atoms with van der Waals surface area (Å²) in [5.74, 6) is 7.62. The summed E-state index contributed by atoms with van der Waals surface area (Å²) in [6.45, 7) is 5.74. The van der Waals surface area contributed by atoms with Gasteiger partial charge in [-0.25, -0.2) is 4.79 Å². The fourth-order valence-electron chi connectivity index (χ4n) is 4.28. The van der Waals surface area contributed by atoms with Crippen LogP contribution >= 0.6 is 0 Å². The molecule has 1 heterocycles. The molecule has 2 fully saturated rings. The lowest BCUT2D eigenvalue weighted by Gasteiger charge is -2.24. The normalized spacial score (nSPS) is 19.7. The molecule has 1 aromatic rings. The molecule has 0 atom stereocenters. The van der Waals surface area contributed by atoms with Crippen molar-refractivity contribution in [3.8, 4) is 11.8 Å². The first-order chi connectivity index (χ1) is 12.4. The van der Waals surface area contributed by atoms with Crippen molar-refractivity contribution in [2.24, 2.45) is 5.92 Å². The average molecular weight is 356 g/mol. The van der Waals surface area contributed by atoms with Crippen LogP contribution in [-0.4, -0.2) is 16.6 Å². The van der Waals surface area contributed by atoms with E-state index in [-0.39, 0.29) is 5.97 Å². The molecule has 0 amide bonds. The Morgan fingerprint density at radius 3 is 2.27 bits per heavy atom. The van der Waals surface area contributed by atoms with Crippen molar-refractivity contribution in [3.63, 3.8) is 0 Å². The number of aromatic nitrogens is 1. The molecule has 3 nitrogen and oxygen atoms in total. The van der Waals surface area contributed by atoms with E-state index >= 15 is 0 Å². The van der Waals surface area contributed by atoms with Crippen LogP contribution in [0.5, 0.6) is 0 Å². The van der Waals surface area contributed by atoms with Gasteiger partial charge in [0.15, 0.2) is 0 Å². The Morgan fingerprint density at radius 2 is 1.65 bits per heavy atom. The van der Waals surface area contributed by atoms with E-state index in [0.717, 1.165) is 24.0 Å². The van der Waals surface area contributed by atoms with Crippen molar-refractivity contribution in [1.82, 2.24) is 4.98 Å². The molecule has 26 heavy (non-hydrogen) atoms. The van der Waals surface area contributed by atoms with Gasteiger partial charge in [-0.15, -0.1) is 0 Å². The predicted molar refractivity (Wildman–Crippen MR) is 105 cm³/mol. The molecule has 0 spiro atoms. The minimum absolute atomic E-state index is 0.246. The lowest BCUT2D eigenvalue weighted by Crippen LogP contribution is -2.25. The number of nitrogens with one attached hydrogen (secondary N) is 1. The summed E-state index contributed by atoms with van der Waals surface area (Å²) in [5.41, 5.74) is 2.27. The molecule has 142 valence electrons. The number of rotatable bonds is 2. The summed E-state index contributed by atoms with van der Waals surface area (Å²) in [4.78, 5) is 15.9. The van der Waals surface area contributed by atoms with E-state index in [1.165, 1.54) is 51.4 Å². The number of ether oxygens (including phenoxy) is 1. The third kappa shape index (κ3) is 4.93. The van der Waals surface area contributed by atoms with Crippen LogP contribution in [0.25, 0.3) is 0 Å². The van der Waals surface area contributed by atoms with Crippen LogP contribution in [0.2, 0.25) is 0 Å². The highest BCUT2D eigenvalue weighted by Gasteiger charge is 2.28. The van der Waals surface area contributed by atoms with Crippen molar-refractivity contribution in [2.75, 3.05) is 0 Å². The molecule has 0 saturated heterocycles. The predicted octanol–water partition coefficient (Wildman–Crippen LogP) is 5.95. The van der Waals surface area contributed by atoms with Crippen molar-refractivity contribution in [3.05, 3.63) is 23.0 Å². The number of carbonyl (C=O) groups is 1. The highest BCUT2D eigenvalue weighted by molar-refractivity contribution is 5.90. The molecule has 1 N–H and O–H groups in total. The van der Waals surface area contributed by atoms with Gasteiger partial charge in [-0.3, -0.25) is 0 Å². The van der Waals surface area contributed by atoms with E-state index in [0.29, 0.717) is 17.5 Å². The molecule has 0 aromatic carbocycles. The molecule has 2 aliphatic carbocycles. The molecule has 0 bridgehead atoms. The molecule has 0 radical (unpaired) electrons. The van der Waals surface area contributed by atoms with E-state index in [1.54, 1.807) is 0 Å². The molecule has 2 saturated carbocycles. The quantitative estimate of drug-likeness (QED) is 0.526. The third-order valence-electron chi connectivity index (χ3n) is 5.55. The van der Waals surface area contributed by atoms with Crippen LogP contribution in [0.4, 0.5) is 0 Å². The number of carbonyl (C=O) groups excluding carboxylic acids is 1. The van der Waals surface area contributed by atoms with Crippen LogP contribution < -0.4 is 0 Å². The van der Waals surface area contributed by atoms with Gasteiger partial charge in [-0.05, 0) is 52.4 Å². The van der Waals surface area contributed by atoms with Crippen LogP contribution in [0.1, 0.15) is 113 Å². The van der Waals surface area contributed by atoms with Crippen LogP contribution in [0.15, 0.2) is 6.20 Å². The van der Waals surface area contributed by atoms with Crippen molar-refractivity contribution in [2.45, 2.75) is 96.5 Å². The Labute approximate surface area is 158 Å². The zero-order valence-electron chi connectivity index (χ0n) is 16.6. The largest absolute Gasteiger partial charge is 0.455 e. The van der Waals surface area contributed by atoms with E-state index in [1.807, 2.05) is 27.0 Å². The van der Waals surface area contributed by atoms with Gasteiger partial charge in [0.05, 0.1) is 0 Å². The molecule has 0 aliphatic heterocycles. The van der Waals surface area contributed by atoms with Gasteiger partial charge in [0.2, 0.25) is 0 Å². The van der Waals surface area contributed by atoms with Crippen molar-refractivity contribution >= 4 is 5.97 Å². The summed E-state index contributed by atoms with van der Waals surface area (Å²) >= 11 is 0. The second-order valence-electron chi connectivity index (χ2n) is 8.93. The standard InChI is InChI=1S/C23H33NO2/c1-23(2,3)26-22(25)21-20(18-12-8-5-9-13-18)19(16-24-21)15-14-17-10-6-4-7-11-17/h16-18,24H,4-13H2,1-3H3. The first-order valence-electron chi connectivity index (χ1n) is 10.4. The first-order valence-corrected chi connectivity index (χ1v) is 10.4. The number of H-pyrrole nitrogens is 1. The molecule has 1 aromatic heterocycles. The van der Waals surface area contributed by atoms with Gasteiger partial charge >= 0.3 is 5.97 Å². The molecule has 0 unspecified atom stereocenters. The van der Waals surface area contributed by atoms with Gasteiger partial charge < -0.3 is 9.72 Å². The molecule has 3 heteroatoms. The topological polar surface area (TPSA) is 42.1 Å². The van der Waals surface area contributed by atoms with Crippen LogP contribution in [-0.2, 0) is 4.74 Å². The number of hydrogen-bond acceptors (Lipinski definition) is 2. The van der Waals surface area contributed by atoms with Gasteiger partial charge in [0.25, 0.3) is 0 Å². The first kappa shape index (κ1) is 19.1. The van der Waals surface area contributed by atoms with Gasteiger partial charge in [-0.2, -0.15) is 0 Å². The number of esters is 1. The maximum Gasteiger partial charge on any atom is 0.355 e. The zero-order valence-corrected chi connectivity index (χ0v) is 16.6. The minimum Gasteiger partial charge on any atom is -0.455 e. The van der Waals surface area contributed by atoms with Gasteiger partial charge in [0, 0.05) is 23.2 Å². The Hall–Kier alpha value is -1.69. The molecule has 3 rings (SSSR count). The zero-order chi connectivity index (χ0) is 18.6. The summed E-state index contributed by atoms with van der Waals surface area (Å²) in [6.07, 6.45) is 14.4. The van der Waals surface area contributed by atoms with E-state index in [9.17, 15) is 4.79 Å². The van der Waals surface area contributed by atoms with E-state index < -0.39 is 5.60 Å². The Balaban J connectivity index is 1.88. The lowest BCUT2D eigenvalue weighted by atomic mass is 9.82. The fraction of sp³-hybridized carbons (Fsp3) is 0.696. The third-order valence-corrected chi connectivity index (χ3v) is 5.55. The van der Waals surface area contributed by atoms with Crippen molar-refractivity contribution < 1.29 is 9.53 Å². The molecular formula is C23H33NO2. The maximum atomic E-state index is 12.7.